The third-order valence-electron chi connectivity index (χ3n) is 3.57. The standard InChI is InChI=1S/C19H20N4O3/c1-12(2)9-17-22-18(23-26-17)13-5-4-6-14(10-13)25-15-7-8-21-16(11-15)19(24)20-3/h4-8,10-12H,9H2,1-3H3,(H,20,24). The fraction of sp³-hybridized carbons (Fsp3) is 0.263. The Morgan fingerprint density at radius 3 is 2.81 bits per heavy atom. The molecule has 26 heavy (non-hydrogen) atoms. The van der Waals surface area contributed by atoms with E-state index in [1.165, 1.54) is 6.20 Å². The molecule has 0 saturated carbocycles. The van der Waals surface area contributed by atoms with Crippen LogP contribution in [-0.2, 0) is 6.42 Å². The minimum absolute atomic E-state index is 0.270. The summed E-state index contributed by atoms with van der Waals surface area (Å²) in [4.78, 5) is 20.1. The lowest BCUT2D eigenvalue weighted by Crippen LogP contribution is -2.18. The molecule has 7 heteroatoms. The predicted molar refractivity (Wildman–Crippen MR) is 96.0 cm³/mol. The molecule has 1 aromatic carbocycles. The van der Waals surface area contributed by atoms with Crippen LogP contribution in [0.25, 0.3) is 11.4 Å². The molecular formula is C19H20N4O3. The van der Waals surface area contributed by atoms with E-state index in [0.717, 1.165) is 12.0 Å². The highest BCUT2D eigenvalue weighted by atomic mass is 16.5. The molecule has 3 rings (SSSR count). The third-order valence-corrected chi connectivity index (χ3v) is 3.57. The number of carbonyl (C=O) groups is 1. The lowest BCUT2D eigenvalue weighted by molar-refractivity contribution is 0.0958. The molecule has 3 aromatic rings. The average Bonchev–Trinajstić information content (AvgIpc) is 3.09. The number of nitrogens with zero attached hydrogens (tertiary/aromatic N) is 3. The van der Waals surface area contributed by atoms with E-state index in [0.29, 0.717) is 29.1 Å². The summed E-state index contributed by atoms with van der Waals surface area (Å²) in [6.07, 6.45) is 2.27. The number of benzene rings is 1. The van der Waals surface area contributed by atoms with E-state index in [4.69, 9.17) is 9.26 Å². The Bertz CT molecular complexity index is 905. The lowest BCUT2D eigenvalue weighted by Gasteiger charge is -2.07. The van der Waals surface area contributed by atoms with Crippen molar-refractivity contribution in [1.29, 1.82) is 0 Å². The molecule has 1 N–H and O–H groups in total. The molecule has 0 atom stereocenters. The summed E-state index contributed by atoms with van der Waals surface area (Å²) < 4.78 is 11.1. The molecule has 0 aliphatic carbocycles. The summed E-state index contributed by atoms with van der Waals surface area (Å²) >= 11 is 0. The molecule has 0 radical (unpaired) electrons. The van der Waals surface area contributed by atoms with E-state index < -0.39 is 0 Å². The Labute approximate surface area is 151 Å². The molecule has 0 unspecified atom stereocenters. The molecular weight excluding hydrogens is 332 g/mol. The molecule has 7 nitrogen and oxygen atoms in total. The van der Waals surface area contributed by atoms with Gasteiger partial charge in [-0.25, -0.2) is 0 Å². The number of rotatable bonds is 6. The van der Waals surface area contributed by atoms with Gasteiger partial charge in [0.05, 0.1) is 0 Å². The Morgan fingerprint density at radius 2 is 2.04 bits per heavy atom. The molecule has 134 valence electrons. The van der Waals surface area contributed by atoms with E-state index in [1.54, 1.807) is 19.2 Å². The van der Waals surface area contributed by atoms with Crippen LogP contribution in [0.1, 0.15) is 30.2 Å². The van der Waals surface area contributed by atoms with Crippen molar-refractivity contribution in [2.75, 3.05) is 7.05 Å². The summed E-state index contributed by atoms with van der Waals surface area (Å²) in [6.45, 7) is 4.19. The van der Waals surface area contributed by atoms with Crippen molar-refractivity contribution in [2.24, 2.45) is 5.92 Å². The number of ether oxygens (including phenoxy) is 1. The molecule has 2 aromatic heterocycles. The van der Waals surface area contributed by atoms with Crippen molar-refractivity contribution >= 4 is 5.91 Å². The molecule has 2 heterocycles. The van der Waals surface area contributed by atoms with Crippen molar-refractivity contribution in [3.63, 3.8) is 0 Å². The number of pyridine rings is 1. The van der Waals surface area contributed by atoms with Crippen LogP contribution in [0, 0.1) is 5.92 Å². The van der Waals surface area contributed by atoms with E-state index in [9.17, 15) is 4.79 Å². The predicted octanol–water partition coefficient (Wildman–Crippen LogP) is 3.48. The Kier molecular flexibility index (Phi) is 5.26. The SMILES string of the molecule is CNC(=O)c1cc(Oc2cccc(-c3noc(CC(C)C)n3)c2)ccn1. The highest BCUT2D eigenvalue weighted by molar-refractivity contribution is 5.92. The van der Waals surface area contributed by atoms with Crippen LogP contribution in [0.15, 0.2) is 47.1 Å². The quantitative estimate of drug-likeness (QED) is 0.730. The number of carbonyl (C=O) groups excluding carboxylic acids is 1. The normalized spacial score (nSPS) is 10.8. The summed E-state index contributed by atoms with van der Waals surface area (Å²) in [7, 11) is 1.56. The summed E-state index contributed by atoms with van der Waals surface area (Å²) in [5.41, 5.74) is 1.08. The minimum Gasteiger partial charge on any atom is -0.457 e. The summed E-state index contributed by atoms with van der Waals surface area (Å²) in [5.74, 6) is 2.43. The molecule has 1 amide bonds. The zero-order valence-electron chi connectivity index (χ0n) is 14.9. The van der Waals surface area contributed by atoms with Gasteiger partial charge in [-0.2, -0.15) is 4.98 Å². The first-order chi connectivity index (χ1) is 12.5. The Hall–Kier alpha value is -3.22. The third kappa shape index (κ3) is 4.24. The van der Waals surface area contributed by atoms with Crippen molar-refractivity contribution in [1.82, 2.24) is 20.4 Å². The van der Waals surface area contributed by atoms with Crippen LogP contribution in [0.4, 0.5) is 0 Å². The second-order valence-electron chi connectivity index (χ2n) is 6.20. The van der Waals surface area contributed by atoms with Gasteiger partial charge in [0.2, 0.25) is 11.7 Å². The van der Waals surface area contributed by atoms with Gasteiger partial charge in [-0.3, -0.25) is 9.78 Å². The highest BCUT2D eigenvalue weighted by Crippen LogP contribution is 2.26. The minimum atomic E-state index is -0.270. The van der Waals surface area contributed by atoms with Crippen LogP contribution in [-0.4, -0.2) is 28.1 Å². The zero-order valence-corrected chi connectivity index (χ0v) is 14.9. The van der Waals surface area contributed by atoms with Crippen molar-refractivity contribution in [3.8, 4) is 22.9 Å². The lowest BCUT2D eigenvalue weighted by atomic mass is 10.1. The number of amides is 1. The van der Waals surface area contributed by atoms with Gasteiger partial charge in [0, 0.05) is 31.3 Å². The second-order valence-corrected chi connectivity index (χ2v) is 6.20. The van der Waals surface area contributed by atoms with Crippen LogP contribution in [0.3, 0.4) is 0 Å². The Morgan fingerprint density at radius 1 is 1.23 bits per heavy atom. The molecule has 0 spiro atoms. The van der Waals surface area contributed by atoms with Gasteiger partial charge in [0.15, 0.2) is 0 Å². The first-order valence-electron chi connectivity index (χ1n) is 8.34. The molecule has 0 fully saturated rings. The summed E-state index contributed by atoms with van der Waals surface area (Å²) in [5, 5.41) is 6.57. The number of hydrogen-bond donors (Lipinski definition) is 1. The van der Waals surface area contributed by atoms with Crippen molar-refractivity contribution in [2.45, 2.75) is 20.3 Å². The fourth-order valence-corrected chi connectivity index (χ4v) is 2.37. The van der Waals surface area contributed by atoms with Gasteiger partial charge in [-0.1, -0.05) is 31.1 Å². The first kappa shape index (κ1) is 17.6. The maximum absolute atomic E-state index is 11.7. The van der Waals surface area contributed by atoms with Crippen LogP contribution in [0.2, 0.25) is 0 Å². The van der Waals surface area contributed by atoms with Gasteiger partial charge in [-0.15, -0.1) is 0 Å². The van der Waals surface area contributed by atoms with E-state index >= 15 is 0 Å². The molecule has 0 bridgehead atoms. The maximum atomic E-state index is 11.7. The largest absolute Gasteiger partial charge is 0.457 e. The molecule has 0 aliphatic rings. The van der Waals surface area contributed by atoms with E-state index in [1.807, 2.05) is 24.3 Å². The summed E-state index contributed by atoms with van der Waals surface area (Å²) in [6, 6.07) is 10.7. The monoisotopic (exact) mass is 352 g/mol. The smallest absolute Gasteiger partial charge is 0.269 e. The van der Waals surface area contributed by atoms with Crippen LogP contribution < -0.4 is 10.1 Å². The van der Waals surface area contributed by atoms with Crippen LogP contribution in [0.5, 0.6) is 11.5 Å². The highest BCUT2D eigenvalue weighted by Gasteiger charge is 2.11. The number of nitrogens with one attached hydrogen (secondary N) is 1. The van der Waals surface area contributed by atoms with Crippen LogP contribution >= 0.6 is 0 Å². The van der Waals surface area contributed by atoms with Gasteiger partial charge < -0.3 is 14.6 Å². The van der Waals surface area contributed by atoms with Gasteiger partial charge in [0.25, 0.3) is 5.91 Å². The van der Waals surface area contributed by atoms with Gasteiger partial charge >= 0.3 is 0 Å². The molecule has 0 aliphatic heterocycles. The number of aromatic nitrogens is 3. The maximum Gasteiger partial charge on any atom is 0.269 e. The average molecular weight is 352 g/mol. The second kappa shape index (κ2) is 7.77. The van der Waals surface area contributed by atoms with Gasteiger partial charge in [0.1, 0.15) is 17.2 Å². The fourth-order valence-electron chi connectivity index (χ4n) is 2.37. The van der Waals surface area contributed by atoms with Crippen molar-refractivity contribution < 1.29 is 14.1 Å². The number of hydrogen-bond acceptors (Lipinski definition) is 6. The zero-order chi connectivity index (χ0) is 18.5. The van der Waals surface area contributed by atoms with Crippen molar-refractivity contribution in [3.05, 3.63) is 54.2 Å². The van der Waals surface area contributed by atoms with E-state index in [-0.39, 0.29) is 11.6 Å². The topological polar surface area (TPSA) is 90.1 Å². The van der Waals surface area contributed by atoms with Gasteiger partial charge in [-0.05, 0) is 24.1 Å². The first-order valence-corrected chi connectivity index (χ1v) is 8.34. The van der Waals surface area contributed by atoms with E-state index in [2.05, 4.69) is 34.3 Å². The molecule has 0 saturated heterocycles. The Balaban J connectivity index is 1.79.